The third-order valence-corrected chi connectivity index (χ3v) is 4.35. The number of hydrogen-bond acceptors (Lipinski definition) is 4. The topological polar surface area (TPSA) is 70.5 Å². The van der Waals surface area contributed by atoms with E-state index < -0.39 is 23.5 Å². The number of Topliss-reactive ketones (excluding diaryl/α,β-unsaturated/α-hetero) is 1. The Morgan fingerprint density at radius 2 is 1.96 bits per heavy atom. The second-order valence-corrected chi connectivity index (χ2v) is 6.53. The molecule has 0 bridgehead atoms. The molecule has 0 radical (unpaired) electrons. The number of aliphatic hydroxyl groups is 1. The molecule has 1 atom stereocenters. The lowest BCUT2D eigenvalue weighted by atomic mass is 9.91. The quantitative estimate of drug-likeness (QED) is 0.894. The van der Waals surface area contributed by atoms with Crippen LogP contribution < -0.4 is 0 Å². The van der Waals surface area contributed by atoms with Crippen molar-refractivity contribution < 1.29 is 19.1 Å². The molecule has 1 aliphatic rings. The van der Waals surface area contributed by atoms with Crippen LogP contribution in [-0.4, -0.2) is 26.7 Å². The minimum atomic E-state index is -0.766. The largest absolute Gasteiger partial charge is 0.503 e. The van der Waals surface area contributed by atoms with E-state index in [1.54, 1.807) is 38.4 Å². The molecule has 1 aromatic carbocycles. The molecule has 3 rings (SSSR count). The van der Waals surface area contributed by atoms with Crippen molar-refractivity contribution in [2.45, 2.75) is 26.4 Å². The van der Waals surface area contributed by atoms with Crippen molar-refractivity contribution in [2.75, 3.05) is 0 Å². The Labute approximate surface area is 150 Å². The fourth-order valence-corrected chi connectivity index (χ4v) is 3.06. The van der Waals surface area contributed by atoms with Crippen molar-refractivity contribution in [1.29, 1.82) is 0 Å². The molecule has 134 valence electrons. The van der Waals surface area contributed by atoms with Gasteiger partial charge in [0.05, 0.1) is 11.6 Å². The molecule has 0 spiro atoms. The van der Waals surface area contributed by atoms with E-state index in [2.05, 4.69) is 4.98 Å². The Morgan fingerprint density at radius 3 is 2.54 bits per heavy atom. The smallest absolute Gasteiger partial charge is 0.290 e. The number of amides is 1. The summed E-state index contributed by atoms with van der Waals surface area (Å²) in [4.78, 5) is 30.8. The lowest BCUT2D eigenvalue weighted by Gasteiger charge is -2.27. The SMILES string of the molecule is CC(C)C(=O)C1=C(O)C(=O)N(Cc2cccnc2)C1c1ccc(F)cc1. The molecular formula is C20H19FN2O3. The van der Waals surface area contributed by atoms with E-state index in [0.29, 0.717) is 5.56 Å². The van der Waals surface area contributed by atoms with Gasteiger partial charge in [-0.15, -0.1) is 0 Å². The van der Waals surface area contributed by atoms with Crippen LogP contribution in [0.4, 0.5) is 4.39 Å². The van der Waals surface area contributed by atoms with Crippen LogP contribution in [-0.2, 0) is 16.1 Å². The number of nitrogens with zero attached hydrogens (tertiary/aromatic N) is 2. The van der Waals surface area contributed by atoms with Crippen LogP contribution in [0.25, 0.3) is 0 Å². The van der Waals surface area contributed by atoms with E-state index in [4.69, 9.17) is 0 Å². The summed E-state index contributed by atoms with van der Waals surface area (Å²) < 4.78 is 13.3. The first-order valence-electron chi connectivity index (χ1n) is 8.32. The summed E-state index contributed by atoms with van der Waals surface area (Å²) in [5.41, 5.74) is 1.39. The van der Waals surface area contributed by atoms with Crippen LogP contribution in [0.15, 0.2) is 60.1 Å². The van der Waals surface area contributed by atoms with Gasteiger partial charge in [0, 0.05) is 24.9 Å². The van der Waals surface area contributed by atoms with Gasteiger partial charge in [-0.1, -0.05) is 32.0 Å². The average molecular weight is 354 g/mol. The summed E-state index contributed by atoms with van der Waals surface area (Å²) in [5.74, 6) is -2.27. The minimum absolute atomic E-state index is 0.0560. The van der Waals surface area contributed by atoms with Crippen molar-refractivity contribution in [3.8, 4) is 0 Å². The monoisotopic (exact) mass is 354 g/mol. The Bertz CT molecular complexity index is 860. The number of rotatable bonds is 5. The Hall–Kier alpha value is -3.02. The van der Waals surface area contributed by atoms with Crippen molar-refractivity contribution in [2.24, 2.45) is 5.92 Å². The molecule has 1 aromatic heterocycles. The maximum absolute atomic E-state index is 13.3. The zero-order valence-electron chi connectivity index (χ0n) is 14.5. The van der Waals surface area contributed by atoms with Crippen LogP contribution >= 0.6 is 0 Å². The summed E-state index contributed by atoms with van der Waals surface area (Å²) in [6.07, 6.45) is 3.24. The molecule has 0 aliphatic carbocycles. The number of benzene rings is 1. The van der Waals surface area contributed by atoms with Crippen LogP contribution in [0.2, 0.25) is 0 Å². The first kappa shape index (κ1) is 17.8. The van der Waals surface area contributed by atoms with E-state index in [0.717, 1.165) is 5.56 Å². The highest BCUT2D eigenvalue weighted by atomic mass is 19.1. The first-order chi connectivity index (χ1) is 12.4. The number of carbonyl (C=O) groups is 2. The number of pyridine rings is 1. The molecule has 2 heterocycles. The predicted octanol–water partition coefficient (Wildman–Crippen LogP) is 3.34. The lowest BCUT2D eigenvalue weighted by molar-refractivity contribution is -0.130. The van der Waals surface area contributed by atoms with Gasteiger partial charge >= 0.3 is 0 Å². The number of aliphatic hydroxyl groups excluding tert-OH is 1. The van der Waals surface area contributed by atoms with Gasteiger partial charge < -0.3 is 10.0 Å². The molecule has 1 amide bonds. The Kier molecular flexibility index (Phi) is 4.84. The van der Waals surface area contributed by atoms with Gasteiger partial charge in [-0.05, 0) is 29.3 Å². The standard InChI is InChI=1S/C20H19FN2O3/c1-12(2)18(24)16-17(14-5-7-15(21)8-6-14)23(20(26)19(16)25)11-13-4-3-9-22-10-13/h3-10,12,17,25H,11H2,1-2H3. The first-order valence-corrected chi connectivity index (χ1v) is 8.32. The van der Waals surface area contributed by atoms with E-state index >= 15 is 0 Å². The van der Waals surface area contributed by atoms with Crippen molar-refractivity contribution in [1.82, 2.24) is 9.88 Å². The number of aromatic nitrogens is 1. The van der Waals surface area contributed by atoms with E-state index in [1.807, 2.05) is 0 Å². The minimum Gasteiger partial charge on any atom is -0.503 e. The Morgan fingerprint density at radius 1 is 1.27 bits per heavy atom. The summed E-state index contributed by atoms with van der Waals surface area (Å²) in [7, 11) is 0. The highest BCUT2D eigenvalue weighted by Crippen LogP contribution is 2.39. The Balaban J connectivity index is 2.07. The molecule has 1 unspecified atom stereocenters. The summed E-state index contributed by atoms with van der Waals surface area (Å²) >= 11 is 0. The molecular weight excluding hydrogens is 335 g/mol. The number of hydrogen-bond donors (Lipinski definition) is 1. The molecule has 5 nitrogen and oxygen atoms in total. The summed E-state index contributed by atoms with van der Waals surface area (Å²) in [5, 5.41) is 10.4. The van der Waals surface area contributed by atoms with E-state index in [9.17, 15) is 19.1 Å². The maximum atomic E-state index is 13.3. The fourth-order valence-electron chi connectivity index (χ4n) is 3.06. The number of ketones is 1. The van der Waals surface area contributed by atoms with Crippen LogP contribution in [0, 0.1) is 11.7 Å². The molecule has 0 fully saturated rings. The summed E-state index contributed by atoms with van der Waals surface area (Å²) in [6, 6.07) is 8.38. The van der Waals surface area contributed by atoms with Crippen molar-refractivity contribution in [3.05, 3.63) is 77.1 Å². The fraction of sp³-hybridized carbons (Fsp3) is 0.250. The lowest BCUT2D eigenvalue weighted by Crippen LogP contribution is -2.31. The molecule has 1 N–H and O–H groups in total. The highest BCUT2D eigenvalue weighted by Gasteiger charge is 2.43. The van der Waals surface area contributed by atoms with Gasteiger partial charge in [-0.2, -0.15) is 0 Å². The third kappa shape index (κ3) is 3.22. The summed E-state index contributed by atoms with van der Waals surface area (Å²) in [6.45, 7) is 3.59. The molecule has 0 saturated heterocycles. The second kappa shape index (κ2) is 7.07. The normalized spacial score (nSPS) is 17.3. The van der Waals surface area contributed by atoms with E-state index in [-0.39, 0.29) is 23.8 Å². The van der Waals surface area contributed by atoms with Gasteiger partial charge in [-0.3, -0.25) is 14.6 Å². The van der Waals surface area contributed by atoms with Crippen LogP contribution in [0.1, 0.15) is 31.0 Å². The maximum Gasteiger partial charge on any atom is 0.290 e. The zero-order valence-corrected chi connectivity index (χ0v) is 14.5. The third-order valence-electron chi connectivity index (χ3n) is 4.35. The van der Waals surface area contributed by atoms with Gasteiger partial charge in [-0.25, -0.2) is 4.39 Å². The zero-order chi connectivity index (χ0) is 18.8. The number of carbonyl (C=O) groups excluding carboxylic acids is 2. The molecule has 0 saturated carbocycles. The predicted molar refractivity (Wildman–Crippen MR) is 93.4 cm³/mol. The van der Waals surface area contributed by atoms with Crippen molar-refractivity contribution in [3.63, 3.8) is 0 Å². The number of halogens is 1. The van der Waals surface area contributed by atoms with Crippen LogP contribution in [0.3, 0.4) is 0 Å². The van der Waals surface area contributed by atoms with Gasteiger partial charge in [0.15, 0.2) is 11.5 Å². The average Bonchev–Trinajstić information content (AvgIpc) is 2.87. The van der Waals surface area contributed by atoms with Crippen molar-refractivity contribution >= 4 is 11.7 Å². The van der Waals surface area contributed by atoms with E-state index in [1.165, 1.54) is 29.2 Å². The van der Waals surface area contributed by atoms with Crippen LogP contribution in [0.5, 0.6) is 0 Å². The molecule has 6 heteroatoms. The molecule has 2 aromatic rings. The highest BCUT2D eigenvalue weighted by molar-refractivity contribution is 6.09. The second-order valence-electron chi connectivity index (χ2n) is 6.53. The van der Waals surface area contributed by atoms with Gasteiger partial charge in [0.25, 0.3) is 5.91 Å². The molecule has 1 aliphatic heterocycles. The van der Waals surface area contributed by atoms with Gasteiger partial charge in [0.1, 0.15) is 5.82 Å². The van der Waals surface area contributed by atoms with Gasteiger partial charge in [0.2, 0.25) is 0 Å². The molecule has 26 heavy (non-hydrogen) atoms.